The molecule has 2 bridgehead atoms. The second-order valence-corrected chi connectivity index (χ2v) is 11.0. The highest BCUT2D eigenvalue weighted by Crippen LogP contribution is 2.26. The van der Waals surface area contributed by atoms with Gasteiger partial charge in [0.25, 0.3) is 0 Å². The summed E-state index contributed by atoms with van der Waals surface area (Å²) in [6.07, 6.45) is 0.582. The minimum absolute atomic E-state index is 0.133. The van der Waals surface area contributed by atoms with Gasteiger partial charge in [-0.15, -0.1) is 0 Å². The van der Waals surface area contributed by atoms with Crippen molar-refractivity contribution in [1.82, 2.24) is 8.61 Å². The summed E-state index contributed by atoms with van der Waals surface area (Å²) in [5.41, 5.74) is 0.882. The first kappa shape index (κ1) is 19.8. The fourth-order valence-electron chi connectivity index (χ4n) is 3.42. The third kappa shape index (κ3) is 4.12. The largest absolute Gasteiger partial charge is 0.369 e. The second-order valence-electron chi connectivity index (χ2n) is 7.01. The van der Waals surface area contributed by atoms with Crippen molar-refractivity contribution in [2.75, 3.05) is 31.9 Å². The third-order valence-electron chi connectivity index (χ3n) is 4.79. The van der Waals surface area contributed by atoms with E-state index in [0.29, 0.717) is 6.42 Å². The molecule has 7 nitrogen and oxygen atoms in total. The molecule has 0 N–H and O–H groups in total. The topological polar surface area (TPSA) is 84.0 Å². The van der Waals surface area contributed by atoms with Gasteiger partial charge < -0.3 is 4.74 Å². The highest BCUT2D eigenvalue weighted by molar-refractivity contribution is 7.89. The van der Waals surface area contributed by atoms with E-state index >= 15 is 0 Å². The van der Waals surface area contributed by atoms with E-state index in [1.54, 1.807) is 18.2 Å². The van der Waals surface area contributed by atoms with Gasteiger partial charge in [-0.05, 0) is 31.0 Å². The van der Waals surface area contributed by atoms with Gasteiger partial charge in [-0.1, -0.05) is 25.5 Å². The SMILES string of the molecule is CCCCS(=O)(=O)N1C[C@@H]2CN(S(=O)(=O)c3cccc(C)c3)C[C@H](C1)O2. The second kappa shape index (κ2) is 7.55. The Hall–Kier alpha value is -1.00. The maximum Gasteiger partial charge on any atom is 0.243 e. The first-order valence-corrected chi connectivity index (χ1v) is 12.0. The number of ether oxygens (including phenoxy) is 1. The summed E-state index contributed by atoms with van der Waals surface area (Å²) in [5.74, 6) is 0.133. The Morgan fingerprint density at radius 3 is 2.23 bits per heavy atom. The number of rotatable bonds is 6. The van der Waals surface area contributed by atoms with Crippen molar-refractivity contribution in [3.8, 4) is 0 Å². The van der Waals surface area contributed by atoms with Crippen LogP contribution in [-0.2, 0) is 24.8 Å². The summed E-state index contributed by atoms with van der Waals surface area (Å²) in [5, 5.41) is 0. The molecule has 2 atom stereocenters. The Morgan fingerprint density at radius 2 is 1.65 bits per heavy atom. The molecule has 3 rings (SSSR count). The van der Waals surface area contributed by atoms with E-state index in [1.165, 1.54) is 8.61 Å². The standard InChI is InChI=1S/C17H26N2O5S2/c1-3-4-8-25(20,21)18-10-15-12-19(13-16(11-18)24-15)26(22,23)17-7-5-6-14(2)9-17/h5-7,9,15-16H,3-4,8,10-13H2,1-2H3/t15-,16+. The molecule has 146 valence electrons. The Labute approximate surface area is 156 Å². The molecular weight excluding hydrogens is 376 g/mol. The summed E-state index contributed by atoms with van der Waals surface area (Å²) in [4.78, 5) is 0.268. The summed E-state index contributed by atoms with van der Waals surface area (Å²) in [6, 6.07) is 6.83. The minimum atomic E-state index is -3.61. The van der Waals surface area contributed by atoms with E-state index in [0.717, 1.165) is 12.0 Å². The summed E-state index contributed by atoms with van der Waals surface area (Å²) in [7, 11) is -6.92. The molecule has 0 spiro atoms. The van der Waals surface area contributed by atoms with Crippen LogP contribution >= 0.6 is 0 Å². The molecule has 9 heteroatoms. The van der Waals surface area contributed by atoms with E-state index in [-0.39, 0.29) is 36.8 Å². The molecule has 2 saturated heterocycles. The van der Waals surface area contributed by atoms with Crippen LogP contribution in [0, 0.1) is 6.92 Å². The van der Waals surface area contributed by atoms with Gasteiger partial charge in [-0.25, -0.2) is 16.8 Å². The monoisotopic (exact) mass is 402 g/mol. The van der Waals surface area contributed by atoms with Crippen LogP contribution in [0.25, 0.3) is 0 Å². The summed E-state index contributed by atoms with van der Waals surface area (Å²) < 4.78 is 59.5. The molecule has 26 heavy (non-hydrogen) atoms. The smallest absolute Gasteiger partial charge is 0.243 e. The number of nitrogens with zero attached hydrogens (tertiary/aromatic N) is 2. The predicted molar refractivity (Wildman–Crippen MR) is 98.9 cm³/mol. The zero-order chi connectivity index (χ0) is 18.9. The molecule has 0 amide bonds. The lowest BCUT2D eigenvalue weighted by molar-refractivity contribution is -0.104. The van der Waals surface area contributed by atoms with Crippen molar-refractivity contribution in [3.63, 3.8) is 0 Å². The van der Waals surface area contributed by atoms with E-state index in [1.807, 2.05) is 19.9 Å². The zero-order valence-electron chi connectivity index (χ0n) is 15.2. The quantitative estimate of drug-likeness (QED) is 0.714. The number of hydrogen-bond donors (Lipinski definition) is 0. The summed E-state index contributed by atoms with van der Waals surface area (Å²) >= 11 is 0. The number of morpholine rings is 2. The van der Waals surface area contributed by atoms with Gasteiger partial charge in [0.1, 0.15) is 0 Å². The molecular formula is C17H26N2O5S2. The van der Waals surface area contributed by atoms with Crippen LogP contribution in [0.1, 0.15) is 25.3 Å². The van der Waals surface area contributed by atoms with Crippen molar-refractivity contribution >= 4 is 20.0 Å². The van der Waals surface area contributed by atoms with E-state index in [9.17, 15) is 16.8 Å². The van der Waals surface area contributed by atoms with Crippen molar-refractivity contribution in [2.45, 2.75) is 43.8 Å². The van der Waals surface area contributed by atoms with Crippen LogP contribution in [0.3, 0.4) is 0 Å². The predicted octanol–water partition coefficient (Wildman–Crippen LogP) is 1.20. The van der Waals surface area contributed by atoms with Crippen LogP contribution in [-0.4, -0.2) is 69.6 Å². The van der Waals surface area contributed by atoms with Crippen LogP contribution in [0.5, 0.6) is 0 Å². The van der Waals surface area contributed by atoms with E-state index in [4.69, 9.17) is 4.74 Å². The molecule has 1 aromatic rings. The summed E-state index contributed by atoms with van der Waals surface area (Å²) in [6.45, 7) is 4.58. The molecule has 0 saturated carbocycles. The maximum absolute atomic E-state index is 12.9. The molecule has 2 fully saturated rings. The van der Waals surface area contributed by atoms with Crippen LogP contribution in [0.15, 0.2) is 29.2 Å². The fourth-order valence-corrected chi connectivity index (χ4v) is 6.73. The minimum Gasteiger partial charge on any atom is -0.369 e. The number of benzene rings is 1. The average Bonchev–Trinajstić information content (AvgIpc) is 2.59. The van der Waals surface area contributed by atoms with Crippen LogP contribution < -0.4 is 0 Å². The first-order valence-electron chi connectivity index (χ1n) is 8.92. The highest BCUT2D eigenvalue weighted by atomic mass is 32.2. The van der Waals surface area contributed by atoms with E-state index < -0.39 is 32.3 Å². The molecule has 2 heterocycles. The Bertz CT molecular complexity index is 840. The lowest BCUT2D eigenvalue weighted by Gasteiger charge is -2.44. The Balaban J connectivity index is 1.74. The molecule has 0 aliphatic carbocycles. The molecule has 2 aliphatic rings. The van der Waals surface area contributed by atoms with E-state index in [2.05, 4.69) is 0 Å². The van der Waals surface area contributed by atoms with Gasteiger partial charge >= 0.3 is 0 Å². The van der Waals surface area contributed by atoms with Gasteiger partial charge in [0.15, 0.2) is 0 Å². The van der Waals surface area contributed by atoms with Crippen molar-refractivity contribution in [2.24, 2.45) is 0 Å². The average molecular weight is 403 g/mol. The zero-order valence-corrected chi connectivity index (χ0v) is 16.8. The van der Waals surface area contributed by atoms with Crippen LogP contribution in [0.2, 0.25) is 0 Å². The van der Waals surface area contributed by atoms with Gasteiger partial charge in [0.2, 0.25) is 20.0 Å². The highest BCUT2D eigenvalue weighted by Gasteiger charge is 2.42. The number of aryl methyl sites for hydroxylation is 1. The van der Waals surface area contributed by atoms with Gasteiger partial charge in [0, 0.05) is 26.2 Å². The molecule has 0 radical (unpaired) electrons. The molecule has 2 aliphatic heterocycles. The molecule has 0 aromatic heterocycles. The molecule has 1 aromatic carbocycles. The number of fused-ring (bicyclic) bond motifs is 2. The first-order chi connectivity index (χ1) is 12.2. The molecule has 0 unspecified atom stereocenters. The number of unbranched alkanes of at least 4 members (excludes halogenated alkanes) is 1. The lowest BCUT2D eigenvalue weighted by atomic mass is 10.2. The van der Waals surface area contributed by atoms with Gasteiger partial charge in [0.05, 0.1) is 22.9 Å². The van der Waals surface area contributed by atoms with Crippen molar-refractivity contribution in [3.05, 3.63) is 29.8 Å². The number of sulfonamides is 2. The van der Waals surface area contributed by atoms with Crippen molar-refractivity contribution in [1.29, 1.82) is 0 Å². The Kier molecular flexibility index (Phi) is 5.74. The lowest BCUT2D eigenvalue weighted by Crippen LogP contribution is -2.61. The van der Waals surface area contributed by atoms with Gasteiger partial charge in [-0.2, -0.15) is 8.61 Å². The maximum atomic E-state index is 12.9. The van der Waals surface area contributed by atoms with Gasteiger partial charge in [-0.3, -0.25) is 0 Å². The van der Waals surface area contributed by atoms with Crippen molar-refractivity contribution < 1.29 is 21.6 Å². The Morgan fingerprint density at radius 1 is 1.04 bits per heavy atom. The third-order valence-corrected chi connectivity index (χ3v) is 8.51. The fraction of sp³-hybridized carbons (Fsp3) is 0.647. The number of hydrogen-bond acceptors (Lipinski definition) is 5. The van der Waals surface area contributed by atoms with Crippen LogP contribution in [0.4, 0.5) is 0 Å². The normalized spacial score (nSPS) is 25.3.